The van der Waals surface area contributed by atoms with Crippen molar-refractivity contribution in [3.63, 3.8) is 0 Å². The van der Waals surface area contributed by atoms with Gasteiger partial charge in [-0.3, -0.25) is 4.57 Å². The molecule has 0 atom stereocenters. The Kier molecular flexibility index (Phi) is 3.82. The summed E-state index contributed by atoms with van der Waals surface area (Å²) in [6.07, 6.45) is 0. The Morgan fingerprint density at radius 3 is 2.86 bits per heavy atom. The first-order valence-electron chi connectivity index (χ1n) is 6.43. The molecule has 108 valence electrons. The van der Waals surface area contributed by atoms with Gasteiger partial charge in [0.2, 0.25) is 0 Å². The van der Waals surface area contributed by atoms with E-state index in [0.29, 0.717) is 27.3 Å². The molecule has 3 aromatic rings. The minimum Gasteiger partial charge on any atom is -0.492 e. The normalized spacial score (nSPS) is 11.0. The minimum absolute atomic E-state index is 0.344. The maximum atomic E-state index is 14.2. The summed E-state index contributed by atoms with van der Waals surface area (Å²) in [5.74, 6) is 0.362. The van der Waals surface area contributed by atoms with Gasteiger partial charge in [0.25, 0.3) is 0 Å². The molecule has 0 aliphatic heterocycles. The fraction of sp³-hybridized carbons (Fsp3) is 0.133. The highest BCUT2D eigenvalue weighted by atomic mass is 79.9. The SMILES string of the molecule is CCOc1cccc2c1[nH]c(=S)n2-c1ccc(Br)cc1F. The van der Waals surface area contributed by atoms with Gasteiger partial charge in [0.05, 0.1) is 17.8 Å². The number of fused-ring (bicyclic) bond motifs is 1. The smallest absolute Gasteiger partial charge is 0.182 e. The topological polar surface area (TPSA) is 29.9 Å². The van der Waals surface area contributed by atoms with Crippen molar-refractivity contribution in [3.8, 4) is 11.4 Å². The third-order valence-corrected chi connectivity index (χ3v) is 3.91. The fourth-order valence-corrected chi connectivity index (χ4v) is 2.91. The van der Waals surface area contributed by atoms with E-state index < -0.39 is 0 Å². The summed E-state index contributed by atoms with van der Waals surface area (Å²) in [5, 5.41) is 0. The summed E-state index contributed by atoms with van der Waals surface area (Å²) in [7, 11) is 0. The third-order valence-electron chi connectivity index (χ3n) is 3.13. The number of nitrogens with one attached hydrogen (secondary N) is 1. The number of imidazole rings is 1. The number of nitrogens with zero attached hydrogens (tertiary/aromatic N) is 1. The first kappa shape index (κ1) is 14.3. The van der Waals surface area contributed by atoms with E-state index in [0.717, 1.165) is 11.0 Å². The summed E-state index contributed by atoms with van der Waals surface area (Å²) in [4.78, 5) is 3.10. The lowest BCUT2D eigenvalue weighted by Crippen LogP contribution is -1.98. The summed E-state index contributed by atoms with van der Waals surface area (Å²) in [6, 6.07) is 10.5. The van der Waals surface area contributed by atoms with Gasteiger partial charge in [0.15, 0.2) is 4.77 Å². The van der Waals surface area contributed by atoms with Crippen LogP contribution >= 0.6 is 28.1 Å². The van der Waals surface area contributed by atoms with Gasteiger partial charge in [0, 0.05) is 4.47 Å². The molecule has 1 N–H and O–H groups in total. The lowest BCUT2D eigenvalue weighted by atomic mass is 10.2. The number of aromatic amines is 1. The molecule has 1 heterocycles. The molecule has 0 saturated carbocycles. The van der Waals surface area contributed by atoms with Crippen LogP contribution in [0.15, 0.2) is 40.9 Å². The Morgan fingerprint density at radius 2 is 2.14 bits per heavy atom. The second-order valence-electron chi connectivity index (χ2n) is 4.44. The van der Waals surface area contributed by atoms with Crippen LogP contribution in [0.25, 0.3) is 16.7 Å². The van der Waals surface area contributed by atoms with Crippen molar-refractivity contribution in [2.75, 3.05) is 6.61 Å². The van der Waals surface area contributed by atoms with E-state index in [1.54, 1.807) is 16.7 Å². The minimum atomic E-state index is -0.344. The zero-order chi connectivity index (χ0) is 15.0. The maximum Gasteiger partial charge on any atom is 0.182 e. The molecule has 3 nitrogen and oxygen atoms in total. The van der Waals surface area contributed by atoms with Crippen LogP contribution in [0, 0.1) is 10.6 Å². The zero-order valence-electron chi connectivity index (χ0n) is 11.2. The summed E-state index contributed by atoms with van der Waals surface area (Å²) in [5.41, 5.74) is 1.96. The largest absolute Gasteiger partial charge is 0.492 e. The van der Waals surface area contributed by atoms with Gasteiger partial charge in [-0.1, -0.05) is 22.0 Å². The van der Waals surface area contributed by atoms with Crippen molar-refractivity contribution in [1.29, 1.82) is 0 Å². The van der Waals surface area contributed by atoms with Gasteiger partial charge in [-0.2, -0.15) is 0 Å². The van der Waals surface area contributed by atoms with Gasteiger partial charge in [0.1, 0.15) is 17.1 Å². The molecule has 0 bridgehead atoms. The van der Waals surface area contributed by atoms with Gasteiger partial charge in [-0.25, -0.2) is 4.39 Å². The molecule has 1 aromatic heterocycles. The van der Waals surface area contributed by atoms with Gasteiger partial charge in [-0.15, -0.1) is 0 Å². The van der Waals surface area contributed by atoms with E-state index in [-0.39, 0.29) is 5.82 Å². The van der Waals surface area contributed by atoms with Crippen molar-refractivity contribution in [2.45, 2.75) is 6.92 Å². The lowest BCUT2D eigenvalue weighted by molar-refractivity contribution is 0.343. The van der Waals surface area contributed by atoms with Gasteiger partial charge >= 0.3 is 0 Å². The summed E-state index contributed by atoms with van der Waals surface area (Å²) in [6.45, 7) is 2.47. The number of aromatic nitrogens is 2. The molecular weight excluding hydrogens is 355 g/mol. The maximum absolute atomic E-state index is 14.2. The van der Waals surface area contributed by atoms with Crippen LogP contribution in [0.3, 0.4) is 0 Å². The molecular formula is C15H12BrFN2OS. The third kappa shape index (κ3) is 2.49. The molecule has 21 heavy (non-hydrogen) atoms. The average molecular weight is 367 g/mol. The van der Waals surface area contributed by atoms with Crippen LogP contribution in [0.2, 0.25) is 0 Å². The number of rotatable bonds is 3. The molecule has 0 saturated heterocycles. The van der Waals surface area contributed by atoms with Crippen molar-refractivity contribution in [2.24, 2.45) is 0 Å². The number of para-hydroxylation sites is 1. The van der Waals surface area contributed by atoms with E-state index in [1.165, 1.54) is 6.07 Å². The quantitative estimate of drug-likeness (QED) is 0.661. The summed E-state index contributed by atoms with van der Waals surface area (Å²) < 4.78 is 22.6. The van der Waals surface area contributed by atoms with Gasteiger partial charge < -0.3 is 9.72 Å². The van der Waals surface area contributed by atoms with Crippen LogP contribution in [-0.2, 0) is 0 Å². The standard InChI is InChI=1S/C15H12BrFN2OS/c1-2-20-13-5-3-4-12-14(13)18-15(21)19(12)11-7-6-9(16)8-10(11)17/h3-8H,2H2,1H3,(H,18,21). The Morgan fingerprint density at radius 1 is 1.33 bits per heavy atom. The van der Waals surface area contributed by atoms with Crippen LogP contribution in [0.5, 0.6) is 5.75 Å². The highest BCUT2D eigenvalue weighted by molar-refractivity contribution is 9.10. The first-order valence-corrected chi connectivity index (χ1v) is 7.64. The number of hydrogen-bond donors (Lipinski definition) is 1. The average Bonchev–Trinajstić information content (AvgIpc) is 2.77. The van der Waals surface area contributed by atoms with Gasteiger partial charge in [-0.05, 0) is 49.5 Å². The molecule has 0 unspecified atom stereocenters. The number of benzene rings is 2. The van der Waals surface area contributed by atoms with E-state index in [4.69, 9.17) is 17.0 Å². The van der Waals surface area contributed by atoms with Crippen LogP contribution in [0.4, 0.5) is 4.39 Å². The van der Waals surface area contributed by atoms with Crippen molar-refractivity contribution in [1.82, 2.24) is 9.55 Å². The molecule has 6 heteroatoms. The molecule has 0 radical (unpaired) electrons. The van der Waals surface area contributed by atoms with Crippen LogP contribution < -0.4 is 4.74 Å². The number of hydrogen-bond acceptors (Lipinski definition) is 2. The molecule has 0 aliphatic rings. The lowest BCUT2D eigenvalue weighted by Gasteiger charge is -2.08. The monoisotopic (exact) mass is 366 g/mol. The Hall–Kier alpha value is -1.66. The van der Waals surface area contributed by atoms with Crippen LogP contribution in [-0.4, -0.2) is 16.2 Å². The second-order valence-corrected chi connectivity index (χ2v) is 5.75. The molecule has 0 aliphatic carbocycles. The number of H-pyrrole nitrogens is 1. The van der Waals surface area contributed by atoms with Crippen molar-refractivity contribution < 1.29 is 9.13 Å². The van der Waals surface area contributed by atoms with Crippen LogP contribution in [0.1, 0.15) is 6.92 Å². The predicted octanol–water partition coefficient (Wildman–Crippen LogP) is 4.99. The Bertz CT molecular complexity index is 872. The predicted molar refractivity (Wildman–Crippen MR) is 87.3 cm³/mol. The molecule has 2 aromatic carbocycles. The zero-order valence-corrected chi connectivity index (χ0v) is 13.6. The van der Waals surface area contributed by atoms with E-state index in [2.05, 4.69) is 20.9 Å². The summed E-state index contributed by atoms with van der Waals surface area (Å²) >= 11 is 8.60. The molecule has 0 amide bonds. The highest BCUT2D eigenvalue weighted by Crippen LogP contribution is 2.29. The van der Waals surface area contributed by atoms with Crippen molar-refractivity contribution in [3.05, 3.63) is 51.5 Å². The Labute approximate surface area is 134 Å². The number of halogens is 2. The molecule has 0 fully saturated rings. The fourth-order valence-electron chi connectivity index (χ4n) is 2.28. The van der Waals surface area contributed by atoms with E-state index in [9.17, 15) is 4.39 Å². The van der Waals surface area contributed by atoms with Crippen molar-refractivity contribution >= 4 is 39.2 Å². The van der Waals surface area contributed by atoms with E-state index in [1.807, 2.05) is 25.1 Å². The van der Waals surface area contributed by atoms with E-state index >= 15 is 0 Å². The molecule has 0 spiro atoms. The second kappa shape index (κ2) is 5.61. The number of ether oxygens (including phenoxy) is 1. The molecule has 3 rings (SSSR count). The first-order chi connectivity index (χ1) is 10.1. The Balaban J connectivity index is 2.30. The highest BCUT2D eigenvalue weighted by Gasteiger charge is 2.13.